The number of fused-ring (bicyclic) bond motifs is 3. The highest BCUT2D eigenvalue weighted by Gasteiger charge is 2.21. The summed E-state index contributed by atoms with van der Waals surface area (Å²) in [7, 11) is 0. The van der Waals surface area contributed by atoms with Crippen molar-refractivity contribution in [3.63, 3.8) is 0 Å². The molecule has 0 radical (unpaired) electrons. The summed E-state index contributed by atoms with van der Waals surface area (Å²) in [4.78, 5) is 10.3. The van der Waals surface area contributed by atoms with E-state index in [1.165, 1.54) is 0 Å². The first-order chi connectivity index (χ1) is 25.1. The maximum Gasteiger partial charge on any atom is 0.162 e. The zero-order valence-electron chi connectivity index (χ0n) is 27.2. The van der Waals surface area contributed by atoms with E-state index in [2.05, 4.69) is 84.9 Å². The lowest BCUT2D eigenvalue weighted by molar-refractivity contribution is 0.485. The zero-order chi connectivity index (χ0) is 34.3. The van der Waals surface area contributed by atoms with Gasteiger partial charge in [0.25, 0.3) is 0 Å². The molecular formula is C46H28Cl2N2O. The van der Waals surface area contributed by atoms with Gasteiger partial charge in [0, 0.05) is 37.5 Å². The standard InChI is InChI=1S/C46H28Cl2N2O/c47-35-19-23-41-39(26-35)38(30-10-3-1-4-11-30)28-43(49-41)31-17-21-37(22-18-31)51-46-44(32-12-5-2-6-13-32)40-27-36(48)20-24-42(40)50-45(46)34-16-15-29-9-7-8-14-33(29)25-34/h1-28H. The number of nitrogens with zero attached hydrogens (tertiary/aromatic N) is 2. The van der Waals surface area contributed by atoms with Gasteiger partial charge in [-0.3, -0.25) is 0 Å². The van der Waals surface area contributed by atoms with Gasteiger partial charge in [-0.05, 0) is 100 Å². The predicted molar refractivity (Wildman–Crippen MR) is 213 cm³/mol. The molecule has 0 aliphatic heterocycles. The first-order valence-corrected chi connectivity index (χ1v) is 17.4. The lowest BCUT2D eigenvalue weighted by Gasteiger charge is -2.19. The van der Waals surface area contributed by atoms with Crippen LogP contribution in [0.1, 0.15) is 0 Å². The minimum Gasteiger partial charge on any atom is -0.454 e. The lowest BCUT2D eigenvalue weighted by Crippen LogP contribution is -1.98. The second-order valence-electron chi connectivity index (χ2n) is 12.5. The summed E-state index contributed by atoms with van der Waals surface area (Å²) in [5, 5.41) is 5.53. The molecule has 9 aromatic rings. The Hall–Kier alpha value is -6.00. The van der Waals surface area contributed by atoms with Gasteiger partial charge in [0.15, 0.2) is 5.75 Å². The van der Waals surface area contributed by atoms with Gasteiger partial charge in [-0.25, -0.2) is 9.97 Å². The van der Waals surface area contributed by atoms with Gasteiger partial charge in [-0.2, -0.15) is 0 Å². The van der Waals surface area contributed by atoms with E-state index in [-0.39, 0.29) is 0 Å². The quantitative estimate of drug-likeness (QED) is 0.174. The zero-order valence-corrected chi connectivity index (χ0v) is 28.7. The number of ether oxygens (including phenoxy) is 1. The van der Waals surface area contributed by atoms with Crippen LogP contribution in [0.3, 0.4) is 0 Å². The van der Waals surface area contributed by atoms with Crippen molar-refractivity contribution in [2.45, 2.75) is 0 Å². The first kappa shape index (κ1) is 31.0. The minimum atomic E-state index is 0.635. The van der Waals surface area contributed by atoms with E-state index >= 15 is 0 Å². The molecule has 0 atom stereocenters. The molecule has 2 aromatic heterocycles. The van der Waals surface area contributed by atoms with Gasteiger partial charge in [0.2, 0.25) is 0 Å². The highest BCUT2D eigenvalue weighted by Crippen LogP contribution is 2.46. The Kier molecular flexibility index (Phi) is 7.93. The van der Waals surface area contributed by atoms with Crippen molar-refractivity contribution >= 4 is 55.8 Å². The summed E-state index contributed by atoms with van der Waals surface area (Å²) in [6, 6.07) is 57.3. The largest absolute Gasteiger partial charge is 0.454 e. The highest BCUT2D eigenvalue weighted by atomic mass is 35.5. The van der Waals surface area contributed by atoms with E-state index in [9.17, 15) is 0 Å². The Morgan fingerprint density at radius 3 is 1.76 bits per heavy atom. The maximum absolute atomic E-state index is 6.94. The molecule has 7 aromatic carbocycles. The van der Waals surface area contributed by atoms with Crippen molar-refractivity contribution in [3.8, 4) is 56.3 Å². The molecule has 5 heteroatoms. The SMILES string of the molecule is Clc1ccc2nc(-c3ccc(Oc4c(-c5ccc6ccccc6c5)nc5ccc(Cl)cc5c4-c4ccccc4)cc3)cc(-c3ccccc3)c2c1. The summed E-state index contributed by atoms with van der Waals surface area (Å²) in [5.41, 5.74) is 9.37. The topological polar surface area (TPSA) is 35.0 Å². The van der Waals surface area contributed by atoms with Gasteiger partial charge >= 0.3 is 0 Å². The molecule has 0 aliphatic carbocycles. The van der Waals surface area contributed by atoms with Crippen LogP contribution in [0.15, 0.2) is 170 Å². The molecule has 0 spiro atoms. The molecule has 0 unspecified atom stereocenters. The maximum atomic E-state index is 6.94. The van der Waals surface area contributed by atoms with Crippen molar-refractivity contribution in [1.29, 1.82) is 0 Å². The van der Waals surface area contributed by atoms with Crippen LogP contribution >= 0.6 is 23.2 Å². The molecule has 0 bridgehead atoms. The van der Waals surface area contributed by atoms with E-state index in [0.29, 0.717) is 21.5 Å². The van der Waals surface area contributed by atoms with Gasteiger partial charge in [-0.15, -0.1) is 0 Å². The summed E-state index contributed by atoms with van der Waals surface area (Å²) in [6.07, 6.45) is 0. The summed E-state index contributed by atoms with van der Waals surface area (Å²) < 4.78 is 6.94. The number of hydrogen-bond acceptors (Lipinski definition) is 3. The molecule has 0 fully saturated rings. The molecule has 51 heavy (non-hydrogen) atoms. The van der Waals surface area contributed by atoms with Crippen molar-refractivity contribution in [1.82, 2.24) is 9.97 Å². The monoisotopic (exact) mass is 694 g/mol. The van der Waals surface area contributed by atoms with Crippen LogP contribution in [0.25, 0.3) is 77.3 Å². The molecule has 9 rings (SSSR count). The van der Waals surface area contributed by atoms with Crippen LogP contribution in [-0.2, 0) is 0 Å². The molecule has 0 saturated carbocycles. The van der Waals surface area contributed by atoms with Crippen molar-refractivity contribution < 1.29 is 4.74 Å². The number of rotatable bonds is 6. The smallest absolute Gasteiger partial charge is 0.162 e. The summed E-state index contributed by atoms with van der Waals surface area (Å²) in [6.45, 7) is 0. The molecule has 242 valence electrons. The predicted octanol–water partition coefficient (Wildman–Crippen LogP) is 13.7. The second-order valence-corrected chi connectivity index (χ2v) is 13.3. The number of pyridine rings is 2. The molecule has 3 nitrogen and oxygen atoms in total. The van der Waals surface area contributed by atoms with Gasteiger partial charge in [0.1, 0.15) is 11.4 Å². The van der Waals surface area contributed by atoms with Gasteiger partial charge < -0.3 is 4.74 Å². The third-order valence-corrected chi connectivity index (χ3v) is 9.68. The number of hydrogen-bond donors (Lipinski definition) is 0. The fourth-order valence-electron chi connectivity index (χ4n) is 6.76. The summed E-state index contributed by atoms with van der Waals surface area (Å²) in [5.74, 6) is 1.34. The van der Waals surface area contributed by atoms with Crippen molar-refractivity contribution in [3.05, 3.63) is 180 Å². The average Bonchev–Trinajstić information content (AvgIpc) is 3.18. The van der Waals surface area contributed by atoms with Crippen LogP contribution in [0, 0.1) is 0 Å². The molecule has 0 aliphatic rings. The van der Waals surface area contributed by atoms with Crippen molar-refractivity contribution in [2.24, 2.45) is 0 Å². The number of halogens is 2. The molecule has 0 N–H and O–H groups in total. The number of benzene rings is 7. The van der Waals surface area contributed by atoms with Crippen molar-refractivity contribution in [2.75, 3.05) is 0 Å². The third kappa shape index (κ3) is 5.97. The van der Waals surface area contributed by atoms with Gasteiger partial charge in [-0.1, -0.05) is 120 Å². The molecule has 2 heterocycles. The highest BCUT2D eigenvalue weighted by molar-refractivity contribution is 6.32. The van der Waals surface area contributed by atoms with Crippen LogP contribution in [0.4, 0.5) is 0 Å². The number of aromatic nitrogens is 2. The van der Waals surface area contributed by atoms with E-state index in [0.717, 1.165) is 77.3 Å². The van der Waals surface area contributed by atoms with Crippen LogP contribution < -0.4 is 4.74 Å². The second kappa shape index (κ2) is 13.0. The Morgan fingerprint density at radius 2 is 1.04 bits per heavy atom. The third-order valence-electron chi connectivity index (χ3n) is 9.21. The normalized spacial score (nSPS) is 11.3. The van der Waals surface area contributed by atoms with E-state index in [1.807, 2.05) is 84.9 Å². The Morgan fingerprint density at radius 1 is 0.431 bits per heavy atom. The molecular weight excluding hydrogens is 667 g/mol. The fraction of sp³-hybridized carbons (Fsp3) is 0. The molecule has 0 amide bonds. The van der Waals surface area contributed by atoms with E-state index in [4.69, 9.17) is 37.9 Å². The Bertz CT molecular complexity index is 2730. The van der Waals surface area contributed by atoms with Crippen LogP contribution in [0.5, 0.6) is 11.5 Å². The first-order valence-electron chi connectivity index (χ1n) is 16.7. The van der Waals surface area contributed by atoms with Crippen LogP contribution in [0.2, 0.25) is 10.0 Å². The minimum absolute atomic E-state index is 0.635. The van der Waals surface area contributed by atoms with Gasteiger partial charge in [0.05, 0.1) is 16.7 Å². The fourth-order valence-corrected chi connectivity index (χ4v) is 7.10. The van der Waals surface area contributed by atoms with E-state index < -0.39 is 0 Å². The average molecular weight is 696 g/mol. The molecule has 0 saturated heterocycles. The summed E-state index contributed by atoms with van der Waals surface area (Å²) >= 11 is 13.0. The Labute approximate surface area is 305 Å². The Balaban J connectivity index is 1.19. The van der Waals surface area contributed by atoms with Crippen LogP contribution in [-0.4, -0.2) is 9.97 Å². The van der Waals surface area contributed by atoms with E-state index in [1.54, 1.807) is 0 Å². The lowest BCUT2D eigenvalue weighted by atomic mass is 9.95.